The number of aromatic hydroxyl groups is 1. The van der Waals surface area contributed by atoms with Gasteiger partial charge in [0, 0.05) is 27.7 Å². The van der Waals surface area contributed by atoms with E-state index >= 15 is 0 Å². The molecule has 3 aromatic rings. The van der Waals surface area contributed by atoms with Crippen molar-refractivity contribution < 1.29 is 19.4 Å². The maximum atomic E-state index is 13.1. The maximum Gasteiger partial charge on any atom is 0.341 e. The standard InChI is InChI=1S/C28H33N3O4S2/c1-28(2,3)35-26(33)23-19-6-4-5-7-21(19)37-25(23)31-27(34)30-14-20-18-12-13-29-15-22(18)36-24(20)16-8-10-17(32)11-9-16/h8-11,29,32H,4-7,12-15H2,1-3H3,(H2,30,31,34). The molecule has 1 aromatic carbocycles. The lowest BCUT2D eigenvalue weighted by atomic mass is 9.95. The molecule has 4 N–H and O–H groups in total. The summed E-state index contributed by atoms with van der Waals surface area (Å²) in [4.78, 5) is 29.8. The number of amides is 2. The number of hydrogen-bond donors (Lipinski definition) is 4. The minimum Gasteiger partial charge on any atom is -0.508 e. The third-order valence-corrected chi connectivity index (χ3v) is 9.12. The number of anilines is 1. The molecule has 0 saturated heterocycles. The van der Waals surface area contributed by atoms with Gasteiger partial charge in [0.2, 0.25) is 0 Å². The van der Waals surface area contributed by atoms with Gasteiger partial charge in [-0.05, 0) is 106 Å². The van der Waals surface area contributed by atoms with Crippen LogP contribution in [0.25, 0.3) is 10.4 Å². The van der Waals surface area contributed by atoms with Crippen molar-refractivity contribution in [2.24, 2.45) is 0 Å². The molecule has 0 atom stereocenters. The molecule has 0 bridgehead atoms. The molecular formula is C28H33N3O4S2. The largest absolute Gasteiger partial charge is 0.508 e. The summed E-state index contributed by atoms with van der Waals surface area (Å²) in [7, 11) is 0. The number of thiophene rings is 2. The van der Waals surface area contributed by atoms with Crippen LogP contribution in [0.1, 0.15) is 70.4 Å². The quantitative estimate of drug-likeness (QED) is 0.299. The smallest absolute Gasteiger partial charge is 0.341 e. The molecule has 37 heavy (non-hydrogen) atoms. The van der Waals surface area contributed by atoms with E-state index in [0.29, 0.717) is 17.1 Å². The van der Waals surface area contributed by atoms with Crippen LogP contribution in [-0.2, 0) is 37.1 Å². The summed E-state index contributed by atoms with van der Waals surface area (Å²) in [6.07, 6.45) is 4.77. The van der Waals surface area contributed by atoms with Crippen molar-refractivity contribution in [3.63, 3.8) is 0 Å². The maximum absolute atomic E-state index is 13.1. The zero-order valence-corrected chi connectivity index (χ0v) is 23.1. The van der Waals surface area contributed by atoms with Crippen molar-refractivity contribution in [3.05, 3.63) is 56.3 Å². The van der Waals surface area contributed by atoms with Crippen LogP contribution in [0.3, 0.4) is 0 Å². The SMILES string of the molecule is CC(C)(C)OC(=O)c1c(NC(=O)NCc2c(-c3ccc(O)cc3)sc3c2CCNC3)sc2c1CCCC2. The van der Waals surface area contributed by atoms with E-state index in [4.69, 9.17) is 4.74 Å². The molecule has 1 aliphatic carbocycles. The average Bonchev–Trinajstić information content (AvgIpc) is 3.40. The van der Waals surface area contributed by atoms with Crippen LogP contribution >= 0.6 is 22.7 Å². The lowest BCUT2D eigenvalue weighted by molar-refractivity contribution is 0.00699. The summed E-state index contributed by atoms with van der Waals surface area (Å²) in [5.41, 5.74) is 4.33. The van der Waals surface area contributed by atoms with Crippen LogP contribution in [0.4, 0.5) is 9.80 Å². The molecule has 9 heteroatoms. The van der Waals surface area contributed by atoms with Gasteiger partial charge in [-0.2, -0.15) is 0 Å². The number of phenolic OH excluding ortho intramolecular Hbond substituents is 1. The first kappa shape index (κ1) is 25.8. The minimum absolute atomic E-state index is 0.227. The van der Waals surface area contributed by atoms with Gasteiger partial charge in [0.1, 0.15) is 16.4 Å². The van der Waals surface area contributed by atoms with Crippen molar-refractivity contribution >= 4 is 39.7 Å². The second kappa shape index (κ2) is 10.5. The second-order valence-corrected chi connectivity index (χ2v) is 12.7. The molecule has 5 rings (SSSR count). The highest BCUT2D eigenvalue weighted by Crippen LogP contribution is 2.40. The summed E-state index contributed by atoms with van der Waals surface area (Å²) >= 11 is 3.22. The Hall–Kier alpha value is -2.88. The second-order valence-electron chi connectivity index (χ2n) is 10.5. The third kappa shape index (κ3) is 5.68. The molecule has 0 saturated carbocycles. The summed E-state index contributed by atoms with van der Waals surface area (Å²) in [5, 5.41) is 19.7. The number of aryl methyl sites for hydroxylation is 1. The van der Waals surface area contributed by atoms with Crippen LogP contribution in [0, 0.1) is 0 Å². The van der Waals surface area contributed by atoms with Gasteiger partial charge in [-0.3, -0.25) is 5.32 Å². The summed E-state index contributed by atoms with van der Waals surface area (Å²) in [6.45, 7) is 7.65. The Morgan fingerprint density at radius 1 is 1.03 bits per heavy atom. The predicted octanol–water partition coefficient (Wildman–Crippen LogP) is 5.98. The number of esters is 1. The van der Waals surface area contributed by atoms with E-state index in [1.165, 1.54) is 21.8 Å². The van der Waals surface area contributed by atoms with E-state index in [1.807, 2.05) is 32.9 Å². The zero-order chi connectivity index (χ0) is 26.2. The van der Waals surface area contributed by atoms with E-state index in [0.717, 1.165) is 71.6 Å². The van der Waals surface area contributed by atoms with Gasteiger partial charge >= 0.3 is 12.0 Å². The number of ether oxygens (including phenoxy) is 1. The highest BCUT2D eigenvalue weighted by Gasteiger charge is 2.30. The number of carbonyl (C=O) groups is 2. The first-order valence-corrected chi connectivity index (χ1v) is 14.4. The van der Waals surface area contributed by atoms with Crippen LogP contribution in [0.15, 0.2) is 24.3 Å². The normalized spacial score (nSPS) is 15.0. The fourth-order valence-corrected chi connectivity index (χ4v) is 7.56. The van der Waals surface area contributed by atoms with Crippen molar-refractivity contribution in [2.45, 2.75) is 71.6 Å². The number of hydrogen-bond acceptors (Lipinski definition) is 7. The highest BCUT2D eigenvalue weighted by molar-refractivity contribution is 7.17. The fourth-order valence-electron chi connectivity index (χ4n) is 4.95. The Balaban J connectivity index is 1.37. The van der Waals surface area contributed by atoms with Crippen molar-refractivity contribution in [3.8, 4) is 16.2 Å². The first-order valence-electron chi connectivity index (χ1n) is 12.8. The van der Waals surface area contributed by atoms with E-state index in [-0.39, 0.29) is 17.7 Å². The van der Waals surface area contributed by atoms with E-state index in [1.54, 1.807) is 23.5 Å². The number of carbonyl (C=O) groups excluding carboxylic acids is 2. The fraction of sp³-hybridized carbons (Fsp3) is 0.429. The number of nitrogens with one attached hydrogen (secondary N) is 3. The minimum atomic E-state index is -0.613. The topological polar surface area (TPSA) is 99.7 Å². The van der Waals surface area contributed by atoms with Gasteiger partial charge in [0.25, 0.3) is 0 Å². The third-order valence-electron chi connectivity index (χ3n) is 6.59. The molecule has 2 amide bonds. The molecule has 3 heterocycles. The molecule has 2 aromatic heterocycles. The van der Waals surface area contributed by atoms with Crippen molar-refractivity contribution in [2.75, 3.05) is 11.9 Å². The molecule has 7 nitrogen and oxygen atoms in total. The van der Waals surface area contributed by atoms with Crippen LogP contribution < -0.4 is 16.0 Å². The first-order chi connectivity index (χ1) is 17.7. The van der Waals surface area contributed by atoms with E-state index in [9.17, 15) is 14.7 Å². The number of rotatable bonds is 5. The number of benzene rings is 1. The molecule has 2 aliphatic rings. The Morgan fingerprint density at radius 3 is 2.54 bits per heavy atom. The summed E-state index contributed by atoms with van der Waals surface area (Å²) in [5.74, 6) is -0.151. The van der Waals surface area contributed by atoms with E-state index < -0.39 is 5.60 Å². The Bertz CT molecular complexity index is 1320. The van der Waals surface area contributed by atoms with Gasteiger partial charge in [-0.15, -0.1) is 22.7 Å². The van der Waals surface area contributed by atoms with Crippen molar-refractivity contribution in [1.82, 2.24) is 10.6 Å². The molecule has 196 valence electrons. The Morgan fingerprint density at radius 2 is 1.78 bits per heavy atom. The average molecular weight is 540 g/mol. The molecule has 0 spiro atoms. The summed E-state index contributed by atoms with van der Waals surface area (Å²) in [6, 6.07) is 6.86. The van der Waals surface area contributed by atoms with Crippen molar-refractivity contribution in [1.29, 1.82) is 0 Å². The molecule has 0 fully saturated rings. The van der Waals surface area contributed by atoms with Gasteiger partial charge in [0.15, 0.2) is 0 Å². The molecular weight excluding hydrogens is 506 g/mol. The number of fused-ring (bicyclic) bond motifs is 2. The van der Waals surface area contributed by atoms with E-state index in [2.05, 4.69) is 16.0 Å². The number of phenols is 1. The summed E-state index contributed by atoms with van der Waals surface area (Å²) < 4.78 is 5.70. The molecule has 1 aliphatic heterocycles. The lowest BCUT2D eigenvalue weighted by Crippen LogP contribution is -2.30. The Kier molecular flexibility index (Phi) is 7.29. The highest BCUT2D eigenvalue weighted by atomic mass is 32.1. The van der Waals surface area contributed by atoms with Gasteiger partial charge in [-0.1, -0.05) is 0 Å². The molecule has 0 radical (unpaired) electrons. The monoisotopic (exact) mass is 539 g/mol. The van der Waals surface area contributed by atoms with Crippen LogP contribution in [0.5, 0.6) is 5.75 Å². The molecule has 0 unspecified atom stereocenters. The van der Waals surface area contributed by atoms with Gasteiger partial charge in [0.05, 0.1) is 5.56 Å². The lowest BCUT2D eigenvalue weighted by Gasteiger charge is -2.21. The zero-order valence-electron chi connectivity index (χ0n) is 21.5. The number of urea groups is 1. The Labute approximate surface area is 225 Å². The van der Waals surface area contributed by atoms with Crippen LogP contribution in [-0.4, -0.2) is 29.3 Å². The van der Waals surface area contributed by atoms with Gasteiger partial charge < -0.3 is 20.5 Å². The van der Waals surface area contributed by atoms with Gasteiger partial charge in [-0.25, -0.2) is 9.59 Å². The van der Waals surface area contributed by atoms with Crippen LogP contribution in [0.2, 0.25) is 0 Å². The predicted molar refractivity (Wildman–Crippen MR) is 149 cm³/mol.